The molecule has 242 valence electrons. The zero-order chi connectivity index (χ0) is 34.2. The van der Waals surface area contributed by atoms with Crippen molar-refractivity contribution in [1.82, 2.24) is 0 Å². The summed E-state index contributed by atoms with van der Waals surface area (Å²) in [5.41, 5.74) is 7.29. The lowest BCUT2D eigenvalue weighted by Gasteiger charge is -2.29. The smallest absolute Gasteiger partial charge is 0.145 e. The molecule has 0 saturated carbocycles. The molecule has 0 atom stereocenters. The molecule has 0 amide bonds. The van der Waals surface area contributed by atoms with E-state index in [4.69, 9.17) is 4.42 Å². The Kier molecular flexibility index (Phi) is 6.28. The molecular weight excluding hydrogens is 631 g/mol. The summed E-state index contributed by atoms with van der Waals surface area (Å²) in [7, 11) is 0. The van der Waals surface area contributed by atoms with Crippen molar-refractivity contribution in [3.8, 4) is 11.1 Å². The molecule has 10 aromatic carbocycles. The van der Waals surface area contributed by atoms with Crippen molar-refractivity contribution in [2.45, 2.75) is 0 Å². The number of para-hydroxylation sites is 1. The minimum absolute atomic E-state index is 0.875. The number of furan rings is 1. The van der Waals surface area contributed by atoms with Gasteiger partial charge < -0.3 is 9.32 Å². The van der Waals surface area contributed by atoms with Gasteiger partial charge in [0.25, 0.3) is 0 Å². The summed E-state index contributed by atoms with van der Waals surface area (Å²) in [5.74, 6) is 0. The van der Waals surface area contributed by atoms with E-state index >= 15 is 0 Å². The highest BCUT2D eigenvalue weighted by Crippen LogP contribution is 2.49. The Hall–Kier alpha value is -6.90. The molecule has 0 aliphatic heterocycles. The summed E-state index contributed by atoms with van der Waals surface area (Å²) in [6.45, 7) is 0. The first-order chi connectivity index (χ1) is 25.8. The van der Waals surface area contributed by atoms with E-state index in [1.54, 1.807) is 0 Å². The third-order valence-corrected chi connectivity index (χ3v) is 10.8. The van der Waals surface area contributed by atoms with Gasteiger partial charge in [-0.3, -0.25) is 0 Å². The Balaban J connectivity index is 1.27. The number of rotatable bonds is 4. The lowest BCUT2D eigenvalue weighted by Crippen LogP contribution is -2.11. The van der Waals surface area contributed by atoms with E-state index in [9.17, 15) is 0 Å². The maximum absolute atomic E-state index is 6.90. The fraction of sp³-hybridized carbons (Fsp3) is 0. The Bertz CT molecular complexity index is 3200. The van der Waals surface area contributed by atoms with Crippen molar-refractivity contribution in [3.05, 3.63) is 188 Å². The molecular formula is C50H31NO. The van der Waals surface area contributed by atoms with Crippen LogP contribution in [-0.2, 0) is 0 Å². The highest BCUT2D eigenvalue weighted by Gasteiger charge is 2.24. The number of anilines is 3. The van der Waals surface area contributed by atoms with Crippen molar-refractivity contribution < 1.29 is 4.42 Å². The van der Waals surface area contributed by atoms with Crippen LogP contribution in [0, 0.1) is 0 Å². The van der Waals surface area contributed by atoms with E-state index in [2.05, 4.69) is 193 Å². The first-order valence-electron chi connectivity index (χ1n) is 17.8. The van der Waals surface area contributed by atoms with E-state index in [1.807, 2.05) is 0 Å². The zero-order valence-corrected chi connectivity index (χ0v) is 28.3. The monoisotopic (exact) mass is 661 g/mol. The minimum Gasteiger partial charge on any atom is -0.455 e. The predicted octanol–water partition coefficient (Wildman–Crippen LogP) is 14.5. The first kappa shape index (κ1) is 28.9. The topological polar surface area (TPSA) is 16.4 Å². The van der Waals surface area contributed by atoms with Crippen LogP contribution in [0.15, 0.2) is 192 Å². The normalized spacial score (nSPS) is 11.8. The molecule has 0 N–H and O–H groups in total. The lowest BCUT2D eigenvalue weighted by atomic mass is 9.94. The van der Waals surface area contributed by atoms with Crippen LogP contribution in [0.5, 0.6) is 0 Å². The molecule has 0 radical (unpaired) electrons. The second-order valence-electron chi connectivity index (χ2n) is 13.7. The van der Waals surface area contributed by atoms with Gasteiger partial charge in [-0.25, -0.2) is 0 Å². The SMILES string of the molecule is c1ccc2c(-c3ccc(N(c4ccc5c(ccc6ccccc65)c4)c4cccc5ccc6ccccc6c45)c4c3oc3ccccc34)cccc2c1. The summed E-state index contributed by atoms with van der Waals surface area (Å²) in [5, 5.41) is 14.4. The maximum Gasteiger partial charge on any atom is 0.145 e. The van der Waals surface area contributed by atoms with Gasteiger partial charge in [-0.1, -0.05) is 152 Å². The lowest BCUT2D eigenvalue weighted by molar-refractivity contribution is 0.670. The van der Waals surface area contributed by atoms with Crippen LogP contribution in [0.2, 0.25) is 0 Å². The van der Waals surface area contributed by atoms with Crippen molar-refractivity contribution in [1.29, 1.82) is 0 Å². The van der Waals surface area contributed by atoms with Gasteiger partial charge in [0.2, 0.25) is 0 Å². The molecule has 0 aliphatic rings. The van der Waals surface area contributed by atoms with Crippen LogP contribution in [-0.4, -0.2) is 0 Å². The summed E-state index contributed by atoms with van der Waals surface area (Å²) >= 11 is 0. The molecule has 2 nitrogen and oxygen atoms in total. The molecule has 1 heterocycles. The molecule has 52 heavy (non-hydrogen) atoms. The van der Waals surface area contributed by atoms with Crippen molar-refractivity contribution in [2.24, 2.45) is 0 Å². The number of nitrogens with zero attached hydrogens (tertiary/aromatic N) is 1. The maximum atomic E-state index is 6.90. The van der Waals surface area contributed by atoms with Gasteiger partial charge in [0, 0.05) is 22.0 Å². The third-order valence-electron chi connectivity index (χ3n) is 10.8. The Morgan fingerprint density at radius 3 is 1.75 bits per heavy atom. The standard InChI is InChI=1S/C50H31NO/c1-5-17-39-32(11-1)14-9-20-42(39)43-29-30-46(49-44-19-7-8-22-47(44)52-50(43)49)51(37-27-28-40-36(31-37)26-24-33-12-2-4-16-38(33)40)45-21-10-15-35-25-23-34-13-3-6-18-41(34)48(35)45/h1-31H. The largest absolute Gasteiger partial charge is 0.455 e. The van der Waals surface area contributed by atoms with E-state index in [1.165, 1.54) is 53.9 Å². The van der Waals surface area contributed by atoms with Gasteiger partial charge in [0.05, 0.1) is 16.8 Å². The van der Waals surface area contributed by atoms with Crippen LogP contribution in [0.1, 0.15) is 0 Å². The first-order valence-corrected chi connectivity index (χ1v) is 17.8. The number of fused-ring (bicyclic) bond motifs is 10. The van der Waals surface area contributed by atoms with Crippen LogP contribution in [0.4, 0.5) is 17.1 Å². The number of benzene rings is 10. The molecule has 0 aliphatic carbocycles. The molecule has 11 rings (SSSR count). The van der Waals surface area contributed by atoms with Gasteiger partial charge in [0.1, 0.15) is 11.2 Å². The van der Waals surface area contributed by atoms with Gasteiger partial charge in [-0.05, 0) is 90.4 Å². The van der Waals surface area contributed by atoms with Crippen LogP contribution < -0.4 is 4.90 Å². The summed E-state index contributed by atoms with van der Waals surface area (Å²) in [4.78, 5) is 2.46. The molecule has 11 aromatic rings. The Morgan fingerprint density at radius 2 is 0.904 bits per heavy atom. The van der Waals surface area contributed by atoms with Gasteiger partial charge in [-0.2, -0.15) is 0 Å². The van der Waals surface area contributed by atoms with E-state index in [-0.39, 0.29) is 0 Å². The van der Waals surface area contributed by atoms with Crippen LogP contribution >= 0.6 is 0 Å². The number of hydrogen-bond donors (Lipinski definition) is 0. The minimum atomic E-state index is 0.875. The second kappa shape index (κ2) is 11.3. The molecule has 2 heteroatoms. The quantitative estimate of drug-likeness (QED) is 0.175. The second-order valence-corrected chi connectivity index (χ2v) is 13.7. The fourth-order valence-corrected chi connectivity index (χ4v) is 8.44. The van der Waals surface area contributed by atoms with Crippen molar-refractivity contribution >= 4 is 92.9 Å². The summed E-state index contributed by atoms with van der Waals surface area (Å²) in [6.07, 6.45) is 0. The highest BCUT2D eigenvalue weighted by atomic mass is 16.3. The van der Waals surface area contributed by atoms with Gasteiger partial charge in [0.15, 0.2) is 0 Å². The fourth-order valence-electron chi connectivity index (χ4n) is 8.44. The Labute approximate surface area is 300 Å². The van der Waals surface area contributed by atoms with Gasteiger partial charge in [-0.15, -0.1) is 0 Å². The van der Waals surface area contributed by atoms with Crippen LogP contribution in [0.3, 0.4) is 0 Å². The number of hydrogen-bond acceptors (Lipinski definition) is 2. The molecule has 0 bridgehead atoms. The third kappa shape index (κ3) is 4.31. The highest BCUT2D eigenvalue weighted by molar-refractivity contribution is 6.21. The van der Waals surface area contributed by atoms with Crippen LogP contribution in [0.25, 0.3) is 86.9 Å². The van der Waals surface area contributed by atoms with E-state index in [0.29, 0.717) is 0 Å². The molecule has 0 unspecified atom stereocenters. The van der Waals surface area contributed by atoms with Gasteiger partial charge >= 0.3 is 0 Å². The summed E-state index contributed by atoms with van der Waals surface area (Å²) < 4.78 is 6.90. The molecule has 0 spiro atoms. The zero-order valence-electron chi connectivity index (χ0n) is 28.3. The predicted molar refractivity (Wildman–Crippen MR) is 221 cm³/mol. The van der Waals surface area contributed by atoms with Crippen molar-refractivity contribution in [3.63, 3.8) is 0 Å². The molecule has 0 saturated heterocycles. The van der Waals surface area contributed by atoms with Crippen molar-refractivity contribution in [2.75, 3.05) is 4.90 Å². The molecule has 0 fully saturated rings. The van der Waals surface area contributed by atoms with E-state index < -0.39 is 0 Å². The molecule has 1 aromatic heterocycles. The average Bonchev–Trinajstić information content (AvgIpc) is 3.61. The summed E-state index contributed by atoms with van der Waals surface area (Å²) in [6, 6.07) is 68.1. The average molecular weight is 662 g/mol. The van der Waals surface area contributed by atoms with E-state index in [0.717, 1.165) is 50.1 Å². The Morgan fingerprint density at radius 1 is 0.327 bits per heavy atom.